The Morgan fingerprint density at radius 2 is 1.71 bits per heavy atom. The van der Waals surface area contributed by atoms with E-state index in [-0.39, 0.29) is 17.2 Å². The minimum absolute atomic E-state index is 0.0318. The van der Waals surface area contributed by atoms with Crippen molar-refractivity contribution in [2.24, 2.45) is 0 Å². The zero-order valence-electron chi connectivity index (χ0n) is 18.4. The number of amides is 1. The smallest absolute Gasteiger partial charge is 0.291 e. The van der Waals surface area contributed by atoms with E-state index in [4.69, 9.17) is 8.83 Å². The average molecular weight is 453 g/mol. The highest BCUT2D eigenvalue weighted by atomic mass is 16.6. The van der Waals surface area contributed by atoms with Gasteiger partial charge in [-0.3, -0.25) is 14.9 Å². The van der Waals surface area contributed by atoms with E-state index in [2.05, 4.69) is 16.4 Å². The molecule has 168 valence electrons. The van der Waals surface area contributed by atoms with Crippen molar-refractivity contribution in [2.75, 3.05) is 5.32 Å². The fourth-order valence-electron chi connectivity index (χ4n) is 3.87. The zero-order valence-corrected chi connectivity index (χ0v) is 18.4. The summed E-state index contributed by atoms with van der Waals surface area (Å²) >= 11 is 0. The molecule has 1 amide bonds. The number of anilines is 1. The molecule has 8 nitrogen and oxygen atoms in total. The molecule has 5 aromatic rings. The highest BCUT2D eigenvalue weighted by Crippen LogP contribution is 2.31. The van der Waals surface area contributed by atoms with Gasteiger partial charge in [0.15, 0.2) is 11.3 Å². The summed E-state index contributed by atoms with van der Waals surface area (Å²) in [5.74, 6) is 0.291. The van der Waals surface area contributed by atoms with Gasteiger partial charge in [-0.15, -0.1) is 0 Å². The number of rotatable bonds is 5. The molecule has 1 N–H and O–H groups in total. The standard InChI is InChI=1S/C26H19N3O5/c1-15-11-16(2)13-17(12-15)26-28-20-14-18(7-8-23(20)34-26)27-25(30)24-10-9-22(33-24)19-5-3-4-6-21(19)29(31)32/h3-14H,1-2H3,(H,27,30). The van der Waals surface area contributed by atoms with E-state index in [0.29, 0.717) is 28.2 Å². The maximum atomic E-state index is 12.7. The number of carbonyl (C=O) groups is 1. The van der Waals surface area contributed by atoms with Crippen molar-refractivity contribution < 1.29 is 18.6 Å². The molecular formula is C26H19N3O5. The predicted octanol–water partition coefficient (Wildman–Crippen LogP) is 6.53. The van der Waals surface area contributed by atoms with Crippen LogP contribution in [0.5, 0.6) is 0 Å². The molecule has 0 unspecified atom stereocenters. The summed E-state index contributed by atoms with van der Waals surface area (Å²) in [5, 5.41) is 14.1. The fraction of sp³-hybridized carbons (Fsp3) is 0.0769. The molecule has 0 aliphatic carbocycles. The van der Waals surface area contributed by atoms with Gasteiger partial charge in [-0.25, -0.2) is 4.98 Å². The molecule has 0 bridgehead atoms. The predicted molar refractivity (Wildman–Crippen MR) is 128 cm³/mol. The van der Waals surface area contributed by atoms with Crippen LogP contribution in [0.25, 0.3) is 33.9 Å². The first-order valence-corrected chi connectivity index (χ1v) is 10.5. The third-order valence-electron chi connectivity index (χ3n) is 5.31. The minimum Gasteiger partial charge on any atom is -0.451 e. The molecule has 0 fully saturated rings. The molecule has 5 rings (SSSR count). The van der Waals surface area contributed by atoms with Crippen molar-refractivity contribution in [3.05, 3.63) is 99.8 Å². The number of hydrogen-bond acceptors (Lipinski definition) is 6. The number of furan rings is 1. The first kappa shape index (κ1) is 21.1. The molecule has 0 spiro atoms. The molecule has 0 aliphatic heterocycles. The number of fused-ring (bicyclic) bond motifs is 1. The molecule has 0 radical (unpaired) electrons. The normalized spacial score (nSPS) is 11.0. The lowest BCUT2D eigenvalue weighted by molar-refractivity contribution is -0.384. The van der Waals surface area contributed by atoms with Crippen molar-refractivity contribution in [3.8, 4) is 22.8 Å². The second-order valence-corrected chi connectivity index (χ2v) is 7.97. The van der Waals surface area contributed by atoms with Crippen LogP contribution in [-0.4, -0.2) is 15.8 Å². The van der Waals surface area contributed by atoms with Crippen LogP contribution in [0.3, 0.4) is 0 Å². The van der Waals surface area contributed by atoms with Crippen LogP contribution in [-0.2, 0) is 0 Å². The SMILES string of the molecule is Cc1cc(C)cc(-c2nc3cc(NC(=O)c4ccc(-c5ccccc5[N+](=O)[O-])o4)ccc3o2)c1. The van der Waals surface area contributed by atoms with Crippen molar-refractivity contribution in [2.45, 2.75) is 13.8 Å². The van der Waals surface area contributed by atoms with E-state index in [9.17, 15) is 14.9 Å². The van der Waals surface area contributed by atoms with Crippen molar-refractivity contribution in [3.63, 3.8) is 0 Å². The van der Waals surface area contributed by atoms with Crippen LogP contribution in [0.2, 0.25) is 0 Å². The Morgan fingerprint density at radius 3 is 2.47 bits per heavy atom. The number of carbonyl (C=O) groups excluding carboxylic acids is 1. The number of hydrogen-bond donors (Lipinski definition) is 1. The van der Waals surface area contributed by atoms with Crippen LogP contribution in [0.4, 0.5) is 11.4 Å². The largest absolute Gasteiger partial charge is 0.451 e. The van der Waals surface area contributed by atoms with Gasteiger partial charge < -0.3 is 14.2 Å². The van der Waals surface area contributed by atoms with Crippen LogP contribution >= 0.6 is 0 Å². The fourth-order valence-corrected chi connectivity index (χ4v) is 3.87. The van der Waals surface area contributed by atoms with Gasteiger partial charge in [-0.05, 0) is 62.4 Å². The first-order chi connectivity index (χ1) is 16.4. The Hall–Kier alpha value is -4.72. The van der Waals surface area contributed by atoms with Gasteiger partial charge >= 0.3 is 0 Å². The Labute approximate surface area is 194 Å². The third kappa shape index (κ3) is 4.04. The Morgan fingerprint density at radius 1 is 0.941 bits per heavy atom. The summed E-state index contributed by atoms with van der Waals surface area (Å²) in [6.07, 6.45) is 0. The number of aryl methyl sites for hydroxylation is 2. The first-order valence-electron chi connectivity index (χ1n) is 10.5. The Bertz CT molecular complexity index is 1540. The minimum atomic E-state index is -0.489. The van der Waals surface area contributed by atoms with E-state index in [1.807, 2.05) is 26.0 Å². The molecular weight excluding hydrogens is 434 g/mol. The number of para-hydroxylation sites is 1. The maximum absolute atomic E-state index is 12.7. The van der Waals surface area contributed by atoms with Crippen molar-refractivity contribution in [1.29, 1.82) is 0 Å². The Kier molecular flexibility index (Phi) is 5.18. The zero-order chi connectivity index (χ0) is 23.8. The number of nitrogens with one attached hydrogen (secondary N) is 1. The highest BCUT2D eigenvalue weighted by Gasteiger charge is 2.19. The van der Waals surface area contributed by atoms with E-state index < -0.39 is 10.8 Å². The van der Waals surface area contributed by atoms with Gasteiger partial charge in [-0.2, -0.15) is 0 Å². The molecule has 2 heterocycles. The second kappa shape index (κ2) is 8.32. The summed E-state index contributed by atoms with van der Waals surface area (Å²) in [7, 11) is 0. The summed E-state index contributed by atoms with van der Waals surface area (Å²) < 4.78 is 11.5. The summed E-state index contributed by atoms with van der Waals surface area (Å²) in [6.45, 7) is 4.03. The van der Waals surface area contributed by atoms with Crippen LogP contribution in [0, 0.1) is 24.0 Å². The molecule has 2 aromatic heterocycles. The molecule has 0 saturated heterocycles. The van der Waals surface area contributed by atoms with Gasteiger partial charge in [0, 0.05) is 17.3 Å². The lowest BCUT2D eigenvalue weighted by Gasteiger charge is -2.03. The van der Waals surface area contributed by atoms with Gasteiger partial charge in [0.1, 0.15) is 11.3 Å². The lowest BCUT2D eigenvalue weighted by atomic mass is 10.1. The molecule has 0 saturated carbocycles. The van der Waals surface area contributed by atoms with Crippen LogP contribution in [0.15, 0.2) is 81.6 Å². The maximum Gasteiger partial charge on any atom is 0.291 e. The van der Waals surface area contributed by atoms with E-state index in [1.165, 1.54) is 18.2 Å². The Balaban J connectivity index is 1.39. The molecule has 34 heavy (non-hydrogen) atoms. The van der Waals surface area contributed by atoms with Crippen molar-refractivity contribution >= 4 is 28.4 Å². The topological polar surface area (TPSA) is 111 Å². The van der Waals surface area contributed by atoms with Gasteiger partial charge in [0.2, 0.25) is 5.89 Å². The third-order valence-corrected chi connectivity index (χ3v) is 5.31. The molecule has 0 aliphatic rings. The quantitative estimate of drug-likeness (QED) is 0.239. The summed E-state index contributed by atoms with van der Waals surface area (Å²) in [6, 6.07) is 20.5. The van der Waals surface area contributed by atoms with E-state index >= 15 is 0 Å². The molecule has 3 aromatic carbocycles. The number of nitro benzene ring substituents is 1. The van der Waals surface area contributed by atoms with Crippen LogP contribution < -0.4 is 5.32 Å². The second-order valence-electron chi connectivity index (χ2n) is 7.97. The lowest BCUT2D eigenvalue weighted by Crippen LogP contribution is -2.10. The van der Waals surface area contributed by atoms with Crippen LogP contribution in [0.1, 0.15) is 21.7 Å². The van der Waals surface area contributed by atoms with Gasteiger partial charge in [-0.1, -0.05) is 29.3 Å². The highest BCUT2D eigenvalue weighted by molar-refractivity contribution is 6.03. The monoisotopic (exact) mass is 453 g/mol. The van der Waals surface area contributed by atoms with E-state index in [1.54, 1.807) is 36.4 Å². The number of aromatic nitrogens is 1. The summed E-state index contributed by atoms with van der Waals surface area (Å²) in [4.78, 5) is 28.1. The summed E-state index contributed by atoms with van der Waals surface area (Å²) in [5.41, 5.74) is 5.04. The van der Waals surface area contributed by atoms with Gasteiger partial charge in [0.05, 0.1) is 10.5 Å². The van der Waals surface area contributed by atoms with Gasteiger partial charge in [0.25, 0.3) is 11.6 Å². The number of nitrogens with zero attached hydrogens (tertiary/aromatic N) is 2. The van der Waals surface area contributed by atoms with E-state index in [0.717, 1.165) is 16.7 Å². The van der Waals surface area contributed by atoms with Crippen molar-refractivity contribution in [1.82, 2.24) is 4.98 Å². The average Bonchev–Trinajstić information content (AvgIpc) is 3.46. The number of benzene rings is 3. The molecule has 0 atom stereocenters. The number of oxazole rings is 1. The molecule has 8 heteroatoms. The number of nitro groups is 1.